The van der Waals surface area contributed by atoms with Gasteiger partial charge in [-0.25, -0.2) is 14.3 Å². The Morgan fingerprint density at radius 2 is 1.26 bits per heavy atom. The number of ether oxygens (including phenoxy) is 2. The number of pyridine rings is 3. The van der Waals surface area contributed by atoms with Gasteiger partial charge in [0, 0.05) is 67.7 Å². The van der Waals surface area contributed by atoms with E-state index in [0.717, 1.165) is 66.7 Å². The molecule has 9 aromatic rings. The van der Waals surface area contributed by atoms with Gasteiger partial charge in [-0.15, -0.1) is 0 Å². The molecule has 0 spiro atoms. The van der Waals surface area contributed by atoms with Crippen molar-refractivity contribution in [2.24, 2.45) is 0 Å². The highest BCUT2D eigenvalue weighted by atomic mass is 32.2. The van der Waals surface area contributed by atoms with Crippen LogP contribution in [0.5, 0.6) is 5.75 Å². The van der Waals surface area contributed by atoms with E-state index >= 15 is 0 Å². The monoisotopic (exact) mass is 954 g/mol. The van der Waals surface area contributed by atoms with Crippen LogP contribution in [0.15, 0.2) is 163 Å². The molecule has 14 heteroatoms. The molecular weight excluding hydrogens is 901 g/mol. The highest BCUT2D eigenvalue weighted by molar-refractivity contribution is 7.86. The number of aryl methyl sites for hydroxylation is 1. The van der Waals surface area contributed by atoms with Crippen molar-refractivity contribution < 1.29 is 32.0 Å². The highest BCUT2D eigenvalue weighted by Crippen LogP contribution is 2.33. The molecule has 4 aromatic carbocycles. The summed E-state index contributed by atoms with van der Waals surface area (Å²) in [6.45, 7) is 7.45. The van der Waals surface area contributed by atoms with Crippen molar-refractivity contribution in [3.05, 3.63) is 170 Å². The van der Waals surface area contributed by atoms with Crippen LogP contribution in [0.4, 0.5) is 10.6 Å². The molecule has 1 N–H and O–H groups in total. The van der Waals surface area contributed by atoms with Crippen LogP contribution in [0.25, 0.3) is 66.6 Å². The van der Waals surface area contributed by atoms with Gasteiger partial charge in [-0.3, -0.25) is 14.2 Å². The van der Waals surface area contributed by atoms with Crippen molar-refractivity contribution in [1.29, 1.82) is 0 Å². The van der Waals surface area contributed by atoms with Crippen LogP contribution >= 0.6 is 0 Å². The van der Waals surface area contributed by atoms with E-state index in [4.69, 9.17) is 13.7 Å². The van der Waals surface area contributed by atoms with Gasteiger partial charge in [0.15, 0.2) is 0 Å². The topological polar surface area (TPSA) is 151 Å². The first-order valence-electron chi connectivity index (χ1n) is 23.0. The van der Waals surface area contributed by atoms with Gasteiger partial charge in [0.1, 0.15) is 30.4 Å². The molecule has 0 aliphatic rings. The summed E-state index contributed by atoms with van der Waals surface area (Å²) >= 11 is 0. The molecule has 0 bridgehead atoms. The van der Waals surface area contributed by atoms with E-state index in [0.29, 0.717) is 22.5 Å². The number of benzene rings is 4. The average Bonchev–Trinajstić information content (AvgIpc) is 3.92. The number of aliphatic hydroxyl groups excluding tert-OH is 1. The molecule has 0 aliphatic carbocycles. The van der Waals surface area contributed by atoms with Crippen molar-refractivity contribution in [2.75, 3.05) is 32.2 Å². The first-order valence-corrected chi connectivity index (χ1v) is 24.4. The Kier molecular flexibility index (Phi) is 13.4. The lowest BCUT2D eigenvalue weighted by atomic mass is 10.0. The van der Waals surface area contributed by atoms with Gasteiger partial charge in [0.05, 0.1) is 40.1 Å². The third kappa shape index (κ3) is 10.5. The Bertz CT molecular complexity index is 3420. The maximum atomic E-state index is 13.4. The largest absolute Gasteiger partial charge is 0.491 e. The zero-order valence-electron chi connectivity index (χ0n) is 39.9. The summed E-state index contributed by atoms with van der Waals surface area (Å²) < 4.78 is 47.5. The van der Waals surface area contributed by atoms with E-state index in [1.807, 2.05) is 126 Å². The molecule has 1 atom stereocenters. The van der Waals surface area contributed by atoms with E-state index in [-0.39, 0.29) is 31.1 Å². The van der Waals surface area contributed by atoms with E-state index in [1.54, 1.807) is 41.5 Å². The number of aromatic nitrogens is 5. The van der Waals surface area contributed by atoms with Crippen LogP contribution in [0.1, 0.15) is 31.9 Å². The SMILES string of the molecule is Cc1ccc(S(=O)(=O)OCCOc2ccc(-c3ccc(-c4cc5ccncc5n4C(=O)OC(C)(C)C)cc3)cc2)cc1C[C@@H](O)Cn1c(-c2ccc(-c3ccc(N(C)C)nc3)cc2)cc2ccncc21. The number of fused-ring (bicyclic) bond motifs is 2. The molecule has 70 heavy (non-hydrogen) atoms. The average molecular weight is 955 g/mol. The van der Waals surface area contributed by atoms with E-state index in [9.17, 15) is 18.3 Å². The standard InChI is InChI=1S/C56H54N6O7S/c1-37-7-21-49(30-46(37)29-47(63)36-61-50(31-43-23-25-57-34-52(43)61)41-12-10-40(11-13-41)45-18-22-54(59-33-45)60(5)6)70(65,66)68-28-27-67-48-19-16-39(17-20-48)38-8-14-42(15-9-38)51-32-44-24-26-58-35-53(44)62(51)55(64)69-56(2,3)4/h7-26,30-35,47,63H,27-29,36H2,1-6H3/t47-/m1/s1. The molecule has 5 aromatic heterocycles. The molecular formula is C56H54N6O7S. The molecule has 5 heterocycles. The first kappa shape index (κ1) is 47.4. The number of hydrogen-bond acceptors (Lipinski definition) is 11. The number of rotatable bonds is 15. The van der Waals surface area contributed by atoms with Crippen LogP contribution in [0, 0.1) is 6.92 Å². The Balaban J connectivity index is 0.812. The van der Waals surface area contributed by atoms with E-state index < -0.39 is 27.9 Å². The number of hydrogen-bond donors (Lipinski definition) is 1. The van der Waals surface area contributed by atoms with Gasteiger partial charge in [-0.1, -0.05) is 66.7 Å². The summed E-state index contributed by atoms with van der Waals surface area (Å²) in [4.78, 5) is 28.4. The predicted molar refractivity (Wildman–Crippen MR) is 274 cm³/mol. The predicted octanol–water partition coefficient (Wildman–Crippen LogP) is 11.0. The number of anilines is 1. The van der Waals surface area contributed by atoms with Crippen LogP contribution < -0.4 is 9.64 Å². The summed E-state index contributed by atoms with van der Waals surface area (Å²) in [6, 6.07) is 40.4. The van der Waals surface area contributed by atoms with Gasteiger partial charge in [-0.05, 0) is 127 Å². The Labute approximate surface area is 407 Å². The molecule has 0 saturated carbocycles. The van der Waals surface area contributed by atoms with Crippen LogP contribution in [-0.4, -0.2) is 82.7 Å². The molecule has 0 amide bonds. The lowest BCUT2D eigenvalue weighted by Gasteiger charge is -2.21. The zero-order chi connectivity index (χ0) is 49.2. The van der Waals surface area contributed by atoms with Crippen molar-refractivity contribution in [3.63, 3.8) is 0 Å². The number of carbonyl (C=O) groups excluding carboxylic acids is 1. The van der Waals surface area contributed by atoms with Gasteiger partial charge in [0.25, 0.3) is 10.1 Å². The lowest BCUT2D eigenvalue weighted by Crippen LogP contribution is -2.27. The second-order valence-corrected chi connectivity index (χ2v) is 20.0. The Morgan fingerprint density at radius 1 is 0.686 bits per heavy atom. The lowest BCUT2D eigenvalue weighted by molar-refractivity contribution is 0.0547. The second kappa shape index (κ2) is 19.8. The second-order valence-electron chi connectivity index (χ2n) is 18.4. The fourth-order valence-corrected chi connectivity index (χ4v) is 9.40. The summed E-state index contributed by atoms with van der Waals surface area (Å²) in [7, 11) is -0.219. The van der Waals surface area contributed by atoms with Crippen LogP contribution in [0.2, 0.25) is 0 Å². The number of aliphatic hydroxyl groups is 1. The minimum atomic E-state index is -4.14. The third-order valence-electron chi connectivity index (χ3n) is 12.0. The van der Waals surface area contributed by atoms with Gasteiger partial charge >= 0.3 is 6.09 Å². The molecule has 0 unspecified atom stereocenters. The summed E-state index contributed by atoms with van der Waals surface area (Å²) in [5, 5.41) is 13.5. The van der Waals surface area contributed by atoms with Gasteiger partial charge in [-0.2, -0.15) is 8.42 Å². The number of carbonyl (C=O) groups is 1. The summed E-state index contributed by atoms with van der Waals surface area (Å²) in [5.74, 6) is 1.44. The Morgan fingerprint density at radius 3 is 1.89 bits per heavy atom. The van der Waals surface area contributed by atoms with E-state index in [2.05, 4.69) is 55.9 Å². The van der Waals surface area contributed by atoms with Crippen molar-refractivity contribution in [3.8, 4) is 50.5 Å². The minimum absolute atomic E-state index is 0.00179. The Hall–Kier alpha value is -7.65. The minimum Gasteiger partial charge on any atom is -0.491 e. The van der Waals surface area contributed by atoms with Crippen molar-refractivity contribution in [2.45, 2.75) is 57.3 Å². The summed E-state index contributed by atoms with van der Waals surface area (Å²) in [6.07, 6.45) is 7.65. The first-order chi connectivity index (χ1) is 33.6. The quantitative estimate of drug-likeness (QED) is 0.0772. The van der Waals surface area contributed by atoms with Crippen LogP contribution in [0.3, 0.4) is 0 Å². The fourth-order valence-electron chi connectivity index (χ4n) is 8.45. The molecule has 356 valence electrons. The molecule has 0 radical (unpaired) electrons. The molecule has 0 fully saturated rings. The highest BCUT2D eigenvalue weighted by Gasteiger charge is 2.24. The van der Waals surface area contributed by atoms with Crippen LogP contribution in [-0.2, 0) is 32.0 Å². The molecule has 13 nitrogen and oxygen atoms in total. The zero-order valence-corrected chi connectivity index (χ0v) is 40.7. The third-order valence-corrected chi connectivity index (χ3v) is 13.3. The maximum Gasteiger partial charge on any atom is 0.419 e. The normalized spacial score (nSPS) is 12.3. The molecule has 0 aliphatic heterocycles. The summed E-state index contributed by atoms with van der Waals surface area (Å²) in [5.41, 5.74) is 9.82. The van der Waals surface area contributed by atoms with Gasteiger partial charge < -0.3 is 24.0 Å². The van der Waals surface area contributed by atoms with Crippen molar-refractivity contribution >= 4 is 43.8 Å². The fraction of sp³-hybridized carbons (Fsp3) is 0.214. The molecule has 9 rings (SSSR count). The van der Waals surface area contributed by atoms with Gasteiger partial charge in [0.2, 0.25) is 0 Å². The van der Waals surface area contributed by atoms with Crippen molar-refractivity contribution in [1.82, 2.24) is 24.1 Å². The van der Waals surface area contributed by atoms with E-state index in [1.165, 1.54) is 6.07 Å². The molecule has 0 saturated heterocycles. The smallest absolute Gasteiger partial charge is 0.419 e. The maximum absolute atomic E-state index is 13.4. The number of nitrogens with zero attached hydrogens (tertiary/aromatic N) is 6.